The number of nitrogens with zero attached hydrogens (tertiary/aromatic N) is 1. The second-order valence-electron chi connectivity index (χ2n) is 5.93. The molecule has 0 spiro atoms. The molecule has 27 heavy (non-hydrogen) atoms. The topological polar surface area (TPSA) is 114 Å². The Balaban J connectivity index is 2.09. The highest BCUT2D eigenvalue weighted by Crippen LogP contribution is 2.34. The van der Waals surface area contributed by atoms with Crippen LogP contribution in [0.25, 0.3) is 0 Å². The predicted molar refractivity (Wildman–Crippen MR) is 97.5 cm³/mol. The van der Waals surface area contributed by atoms with E-state index >= 15 is 0 Å². The quantitative estimate of drug-likeness (QED) is 0.649. The minimum Gasteiger partial charge on any atom is -0.482 e. The number of hydrogen-bond donors (Lipinski definition) is 2. The Bertz CT molecular complexity index is 734. The second kappa shape index (κ2) is 9.56. The van der Waals surface area contributed by atoms with E-state index in [0.717, 1.165) is 6.42 Å². The molecule has 2 rings (SSSR count). The van der Waals surface area contributed by atoms with Gasteiger partial charge in [0, 0.05) is 18.7 Å². The van der Waals surface area contributed by atoms with E-state index in [1.165, 1.54) is 12.0 Å². The molecule has 0 saturated carbocycles. The van der Waals surface area contributed by atoms with Crippen LogP contribution in [0.1, 0.15) is 26.2 Å². The van der Waals surface area contributed by atoms with Gasteiger partial charge in [0.25, 0.3) is 5.91 Å². The van der Waals surface area contributed by atoms with Gasteiger partial charge in [-0.15, -0.1) is 0 Å². The molecule has 0 atom stereocenters. The number of nitrogens with one attached hydrogen (secondary N) is 2. The maximum Gasteiger partial charge on any atom is 0.306 e. The van der Waals surface area contributed by atoms with E-state index < -0.39 is 5.97 Å². The Morgan fingerprint density at radius 2 is 2.00 bits per heavy atom. The lowest BCUT2D eigenvalue weighted by atomic mass is 10.2. The van der Waals surface area contributed by atoms with Gasteiger partial charge in [-0.3, -0.25) is 24.1 Å². The van der Waals surface area contributed by atoms with Gasteiger partial charge in [-0.05, 0) is 24.6 Å². The third-order valence-corrected chi connectivity index (χ3v) is 3.84. The van der Waals surface area contributed by atoms with Crippen LogP contribution in [-0.4, -0.2) is 50.5 Å². The Morgan fingerprint density at radius 1 is 1.22 bits per heavy atom. The SMILES string of the molecule is CCCNC(=O)CN1C(=O)COc2ccc(NC(=O)CCC(=O)OC)cc21. The van der Waals surface area contributed by atoms with E-state index in [9.17, 15) is 19.2 Å². The number of anilines is 2. The largest absolute Gasteiger partial charge is 0.482 e. The van der Waals surface area contributed by atoms with Gasteiger partial charge in [0.05, 0.1) is 19.2 Å². The molecule has 1 aromatic carbocycles. The van der Waals surface area contributed by atoms with Gasteiger partial charge >= 0.3 is 5.97 Å². The number of hydrogen-bond acceptors (Lipinski definition) is 6. The Hall–Kier alpha value is -3.10. The predicted octanol–water partition coefficient (Wildman–Crippen LogP) is 0.830. The van der Waals surface area contributed by atoms with Crippen LogP contribution in [0, 0.1) is 0 Å². The fourth-order valence-corrected chi connectivity index (χ4v) is 2.46. The van der Waals surface area contributed by atoms with Gasteiger partial charge in [0.15, 0.2) is 6.61 Å². The van der Waals surface area contributed by atoms with Crippen LogP contribution in [0.5, 0.6) is 5.75 Å². The summed E-state index contributed by atoms with van der Waals surface area (Å²) < 4.78 is 9.88. The van der Waals surface area contributed by atoms with E-state index in [1.54, 1.807) is 18.2 Å². The van der Waals surface area contributed by atoms with Crippen molar-refractivity contribution in [2.24, 2.45) is 0 Å². The molecule has 2 N–H and O–H groups in total. The van der Waals surface area contributed by atoms with Crippen molar-refractivity contribution in [2.45, 2.75) is 26.2 Å². The van der Waals surface area contributed by atoms with E-state index in [0.29, 0.717) is 23.7 Å². The van der Waals surface area contributed by atoms with E-state index in [-0.39, 0.29) is 43.7 Å². The molecule has 0 bridgehead atoms. The number of carbonyl (C=O) groups excluding carboxylic acids is 4. The van der Waals surface area contributed by atoms with Crippen LogP contribution >= 0.6 is 0 Å². The summed E-state index contributed by atoms with van der Waals surface area (Å²) in [6.07, 6.45) is 0.738. The van der Waals surface area contributed by atoms with Crippen molar-refractivity contribution in [3.63, 3.8) is 0 Å². The van der Waals surface area contributed by atoms with Crippen molar-refractivity contribution < 1.29 is 28.7 Å². The molecule has 9 heteroatoms. The molecule has 0 aliphatic carbocycles. The zero-order valence-corrected chi connectivity index (χ0v) is 15.4. The number of carbonyl (C=O) groups is 4. The first-order valence-electron chi connectivity index (χ1n) is 8.65. The second-order valence-corrected chi connectivity index (χ2v) is 5.93. The van der Waals surface area contributed by atoms with Crippen LogP contribution in [0.3, 0.4) is 0 Å². The average Bonchev–Trinajstić information content (AvgIpc) is 2.66. The average molecular weight is 377 g/mol. The molecule has 0 radical (unpaired) electrons. The van der Waals surface area contributed by atoms with Crippen LogP contribution in [0.15, 0.2) is 18.2 Å². The minimum atomic E-state index is -0.473. The number of rotatable bonds is 8. The lowest BCUT2D eigenvalue weighted by Crippen LogP contribution is -2.45. The van der Waals surface area contributed by atoms with Crippen LogP contribution in [0.2, 0.25) is 0 Å². The fourth-order valence-electron chi connectivity index (χ4n) is 2.46. The summed E-state index contributed by atoms with van der Waals surface area (Å²) in [5.74, 6) is -1.01. The lowest BCUT2D eigenvalue weighted by molar-refractivity contribution is -0.141. The first-order chi connectivity index (χ1) is 12.9. The Kier molecular flexibility index (Phi) is 7.16. The molecular weight excluding hydrogens is 354 g/mol. The third kappa shape index (κ3) is 5.70. The number of esters is 1. The van der Waals surface area contributed by atoms with Crippen LogP contribution in [0.4, 0.5) is 11.4 Å². The highest BCUT2D eigenvalue weighted by atomic mass is 16.5. The lowest BCUT2D eigenvalue weighted by Gasteiger charge is -2.29. The van der Waals surface area contributed by atoms with Gasteiger partial charge in [-0.1, -0.05) is 6.92 Å². The number of benzene rings is 1. The van der Waals surface area contributed by atoms with E-state index in [4.69, 9.17) is 4.74 Å². The monoisotopic (exact) mass is 377 g/mol. The first kappa shape index (κ1) is 20.2. The van der Waals surface area contributed by atoms with Gasteiger partial charge in [-0.25, -0.2) is 0 Å². The summed E-state index contributed by atoms with van der Waals surface area (Å²) in [5.41, 5.74) is 0.838. The summed E-state index contributed by atoms with van der Waals surface area (Å²) in [6, 6.07) is 4.81. The molecule has 0 saturated heterocycles. The van der Waals surface area contributed by atoms with Crippen molar-refractivity contribution in [1.29, 1.82) is 0 Å². The van der Waals surface area contributed by atoms with Gasteiger partial charge in [-0.2, -0.15) is 0 Å². The highest BCUT2D eigenvalue weighted by Gasteiger charge is 2.27. The van der Waals surface area contributed by atoms with Crippen LogP contribution in [-0.2, 0) is 23.9 Å². The van der Waals surface area contributed by atoms with E-state index in [2.05, 4.69) is 15.4 Å². The summed E-state index contributed by atoms with van der Waals surface area (Å²) >= 11 is 0. The smallest absolute Gasteiger partial charge is 0.306 e. The van der Waals surface area contributed by atoms with Crippen molar-refractivity contribution in [1.82, 2.24) is 5.32 Å². The van der Waals surface area contributed by atoms with Crippen molar-refractivity contribution in [2.75, 3.05) is 37.0 Å². The number of methoxy groups -OCH3 is 1. The molecule has 0 fully saturated rings. The van der Waals surface area contributed by atoms with Crippen LogP contribution < -0.4 is 20.3 Å². The zero-order chi connectivity index (χ0) is 19.8. The molecule has 0 aromatic heterocycles. The summed E-state index contributed by atoms with van der Waals surface area (Å²) in [5, 5.41) is 5.38. The maximum absolute atomic E-state index is 12.2. The normalized spacial score (nSPS) is 12.7. The number of ether oxygens (including phenoxy) is 2. The molecule has 1 aromatic rings. The molecule has 1 heterocycles. The van der Waals surface area contributed by atoms with E-state index in [1.807, 2.05) is 6.92 Å². The summed E-state index contributed by atoms with van der Waals surface area (Å²) in [7, 11) is 1.26. The Morgan fingerprint density at radius 3 is 2.70 bits per heavy atom. The molecule has 146 valence electrons. The summed E-state index contributed by atoms with van der Waals surface area (Å²) in [4.78, 5) is 48.6. The molecule has 0 unspecified atom stereocenters. The molecule has 9 nitrogen and oxygen atoms in total. The van der Waals surface area contributed by atoms with Gasteiger partial charge in [0.2, 0.25) is 11.8 Å². The van der Waals surface area contributed by atoms with Gasteiger partial charge in [0.1, 0.15) is 12.3 Å². The molecular formula is C18H23N3O6. The summed E-state index contributed by atoms with van der Waals surface area (Å²) in [6.45, 7) is 2.18. The molecule has 1 aliphatic heterocycles. The molecule has 1 aliphatic rings. The van der Waals surface area contributed by atoms with Gasteiger partial charge < -0.3 is 20.1 Å². The fraction of sp³-hybridized carbons (Fsp3) is 0.444. The Labute approximate surface area is 157 Å². The third-order valence-electron chi connectivity index (χ3n) is 3.84. The maximum atomic E-state index is 12.2. The van der Waals surface area contributed by atoms with Crippen molar-refractivity contribution >= 4 is 35.1 Å². The van der Waals surface area contributed by atoms with Crippen molar-refractivity contribution in [3.05, 3.63) is 18.2 Å². The van der Waals surface area contributed by atoms with Crippen molar-refractivity contribution in [3.8, 4) is 5.75 Å². The number of amides is 3. The minimum absolute atomic E-state index is 0.0255. The first-order valence-corrected chi connectivity index (χ1v) is 8.65. The standard InChI is InChI=1S/C18H23N3O6/c1-3-8-19-16(23)10-21-13-9-12(4-5-14(13)27-11-17(21)24)20-15(22)6-7-18(25)26-2/h4-5,9H,3,6-8,10-11H2,1-2H3,(H,19,23)(H,20,22). The highest BCUT2D eigenvalue weighted by molar-refractivity contribution is 6.03. The molecule has 3 amide bonds. The zero-order valence-electron chi connectivity index (χ0n) is 15.4. The number of fused-ring (bicyclic) bond motifs is 1.